The first-order chi connectivity index (χ1) is 3.39. The number of nitrogens with zero attached hydrogens (tertiary/aromatic N) is 1. The minimum atomic E-state index is 0.266. The fourth-order valence-corrected chi connectivity index (χ4v) is 0.395. The summed E-state index contributed by atoms with van der Waals surface area (Å²) in [4.78, 5) is 4.43. The van der Waals surface area contributed by atoms with Crippen LogP contribution in [0.3, 0.4) is 0 Å². The summed E-state index contributed by atoms with van der Waals surface area (Å²) in [6.07, 6.45) is 3.21. The van der Waals surface area contributed by atoms with Gasteiger partial charge in [0.25, 0.3) is 0 Å². The van der Waals surface area contributed by atoms with E-state index in [4.69, 9.17) is 5.41 Å². The molecule has 3 nitrogen and oxygen atoms in total. The predicted molar refractivity (Wildman–Crippen MR) is 26.5 cm³/mol. The second-order valence-corrected chi connectivity index (χ2v) is 1.34. The zero-order valence-electron chi connectivity index (χ0n) is 3.85. The summed E-state index contributed by atoms with van der Waals surface area (Å²) in [5.74, 6) is 0.266. The van der Waals surface area contributed by atoms with Gasteiger partial charge in [-0.1, -0.05) is 5.16 Å². The van der Waals surface area contributed by atoms with E-state index >= 15 is 0 Å². The van der Waals surface area contributed by atoms with Gasteiger partial charge in [0, 0.05) is 12.6 Å². The highest BCUT2D eigenvalue weighted by molar-refractivity contribution is 5.78. The molecule has 38 valence electrons. The Morgan fingerprint density at radius 2 is 2.71 bits per heavy atom. The third-order valence-electron chi connectivity index (χ3n) is 0.738. The second-order valence-electron chi connectivity index (χ2n) is 1.34. The molecule has 7 heavy (non-hydrogen) atoms. The fraction of sp³-hybridized carbons (Fsp3) is 0.500. The Balaban J connectivity index is 2.47. The molecule has 1 aliphatic heterocycles. The van der Waals surface area contributed by atoms with E-state index in [9.17, 15) is 0 Å². The highest BCUT2D eigenvalue weighted by Crippen LogP contribution is 1.96. The Bertz CT molecular complexity index is 108. The zero-order chi connectivity index (χ0) is 5.11. The van der Waals surface area contributed by atoms with Gasteiger partial charge in [0.2, 0.25) is 5.90 Å². The van der Waals surface area contributed by atoms with Gasteiger partial charge in [-0.2, -0.15) is 0 Å². The van der Waals surface area contributed by atoms with Crippen molar-refractivity contribution >= 4 is 12.1 Å². The monoisotopic (exact) mass is 98.0 g/mol. The summed E-state index contributed by atoms with van der Waals surface area (Å²) < 4.78 is 0. The zero-order valence-corrected chi connectivity index (χ0v) is 3.85. The molecule has 3 heteroatoms. The number of rotatable bonds is 0. The second kappa shape index (κ2) is 1.73. The lowest BCUT2D eigenvalue weighted by Crippen LogP contribution is -2.03. The Labute approximate surface area is 41.5 Å². The van der Waals surface area contributed by atoms with Crippen LogP contribution in [0.25, 0.3) is 0 Å². The topological polar surface area (TPSA) is 45.4 Å². The van der Waals surface area contributed by atoms with Crippen LogP contribution in [0, 0.1) is 5.41 Å². The van der Waals surface area contributed by atoms with Crippen LogP contribution in [-0.4, -0.2) is 12.1 Å². The van der Waals surface area contributed by atoms with Crippen molar-refractivity contribution < 1.29 is 4.84 Å². The van der Waals surface area contributed by atoms with E-state index < -0.39 is 0 Å². The molecule has 0 amide bonds. The third-order valence-corrected chi connectivity index (χ3v) is 0.738. The van der Waals surface area contributed by atoms with Gasteiger partial charge in [0.05, 0.1) is 0 Å². The average molecular weight is 98.1 g/mol. The van der Waals surface area contributed by atoms with Gasteiger partial charge in [-0.3, -0.25) is 5.41 Å². The van der Waals surface area contributed by atoms with Crippen molar-refractivity contribution in [2.24, 2.45) is 5.16 Å². The number of nitrogens with one attached hydrogen (secondary N) is 1. The van der Waals surface area contributed by atoms with Crippen LogP contribution >= 0.6 is 0 Å². The first kappa shape index (κ1) is 4.30. The van der Waals surface area contributed by atoms with Crippen LogP contribution in [0.1, 0.15) is 12.8 Å². The molecule has 1 aliphatic rings. The van der Waals surface area contributed by atoms with Crippen molar-refractivity contribution in [2.75, 3.05) is 0 Å². The van der Waals surface area contributed by atoms with Crippen molar-refractivity contribution in [3.8, 4) is 0 Å². The molecule has 0 bridgehead atoms. The Morgan fingerprint density at radius 3 is 3.00 bits per heavy atom. The first-order valence-electron chi connectivity index (χ1n) is 2.16. The Kier molecular flexibility index (Phi) is 1.06. The van der Waals surface area contributed by atoms with Crippen LogP contribution in [0.15, 0.2) is 5.16 Å². The molecule has 0 aromatic heterocycles. The largest absolute Gasteiger partial charge is 0.342 e. The van der Waals surface area contributed by atoms with Crippen LogP contribution in [-0.2, 0) is 4.84 Å². The molecule has 1 heterocycles. The normalized spacial score (nSPS) is 19.1. The highest BCUT2D eigenvalue weighted by Gasteiger charge is 1.98. The van der Waals surface area contributed by atoms with E-state index in [-0.39, 0.29) is 5.90 Å². The standard InChI is InChI=1S/C4H6N2O/c5-4-2-1-3-6-7-4/h3,5H,1-2H2. The lowest BCUT2D eigenvalue weighted by atomic mass is 10.3. The smallest absolute Gasteiger partial charge is 0.217 e. The molecule has 0 saturated carbocycles. The van der Waals surface area contributed by atoms with E-state index in [1.807, 2.05) is 0 Å². The van der Waals surface area contributed by atoms with Crippen molar-refractivity contribution in [1.29, 1.82) is 5.41 Å². The molecule has 0 radical (unpaired) electrons. The third kappa shape index (κ3) is 0.994. The van der Waals surface area contributed by atoms with Crippen LogP contribution in [0.4, 0.5) is 0 Å². The van der Waals surface area contributed by atoms with Gasteiger partial charge in [0.1, 0.15) is 0 Å². The molecule has 0 saturated heterocycles. The van der Waals surface area contributed by atoms with E-state index in [1.54, 1.807) is 6.21 Å². The molecule has 0 fully saturated rings. The average Bonchev–Trinajstić information content (AvgIpc) is 1.69. The van der Waals surface area contributed by atoms with Crippen molar-refractivity contribution in [3.63, 3.8) is 0 Å². The minimum absolute atomic E-state index is 0.266. The maximum absolute atomic E-state index is 6.85. The molecule has 0 aromatic carbocycles. The van der Waals surface area contributed by atoms with Crippen molar-refractivity contribution in [3.05, 3.63) is 0 Å². The summed E-state index contributed by atoms with van der Waals surface area (Å²) in [7, 11) is 0. The lowest BCUT2D eigenvalue weighted by molar-refractivity contribution is 0.308. The van der Waals surface area contributed by atoms with E-state index in [1.165, 1.54) is 0 Å². The maximum Gasteiger partial charge on any atom is 0.217 e. The van der Waals surface area contributed by atoms with Crippen molar-refractivity contribution in [2.45, 2.75) is 12.8 Å². The van der Waals surface area contributed by atoms with Crippen LogP contribution in [0.2, 0.25) is 0 Å². The molecule has 0 unspecified atom stereocenters. The molecule has 0 aliphatic carbocycles. The SMILES string of the molecule is N=C1CCC=NO1. The molecule has 0 atom stereocenters. The Morgan fingerprint density at radius 1 is 1.86 bits per heavy atom. The van der Waals surface area contributed by atoms with Crippen LogP contribution in [0.5, 0.6) is 0 Å². The molecule has 1 N–H and O–H groups in total. The van der Waals surface area contributed by atoms with Crippen LogP contribution < -0.4 is 0 Å². The summed E-state index contributed by atoms with van der Waals surface area (Å²) >= 11 is 0. The predicted octanol–water partition coefficient (Wildman–Crippen LogP) is 0.760. The lowest BCUT2D eigenvalue weighted by Gasteiger charge is -2.01. The van der Waals surface area contributed by atoms with E-state index in [0.717, 1.165) is 6.42 Å². The van der Waals surface area contributed by atoms with Gasteiger partial charge >= 0.3 is 0 Å². The molecule has 1 rings (SSSR count). The van der Waals surface area contributed by atoms with Gasteiger partial charge in [-0.15, -0.1) is 0 Å². The van der Waals surface area contributed by atoms with Gasteiger partial charge in [-0.05, 0) is 6.42 Å². The number of oxime groups is 1. The molecule has 0 aromatic rings. The van der Waals surface area contributed by atoms with E-state index in [0.29, 0.717) is 6.42 Å². The first-order valence-corrected chi connectivity index (χ1v) is 2.16. The van der Waals surface area contributed by atoms with E-state index in [2.05, 4.69) is 9.99 Å². The van der Waals surface area contributed by atoms with Gasteiger partial charge in [-0.25, -0.2) is 0 Å². The maximum atomic E-state index is 6.85. The quantitative estimate of drug-likeness (QED) is 0.477. The number of hydrogen-bond donors (Lipinski definition) is 1. The van der Waals surface area contributed by atoms with Gasteiger partial charge < -0.3 is 4.84 Å². The highest BCUT2D eigenvalue weighted by atomic mass is 16.6. The number of hydrogen-bond acceptors (Lipinski definition) is 3. The minimum Gasteiger partial charge on any atom is -0.342 e. The molecule has 0 spiro atoms. The Hall–Kier alpha value is -0.860. The van der Waals surface area contributed by atoms with Gasteiger partial charge in [0.15, 0.2) is 0 Å². The summed E-state index contributed by atoms with van der Waals surface area (Å²) in [6, 6.07) is 0. The fourth-order valence-electron chi connectivity index (χ4n) is 0.395. The molecular formula is C4H6N2O. The summed E-state index contributed by atoms with van der Waals surface area (Å²) in [5, 5.41) is 10.3. The van der Waals surface area contributed by atoms with Crippen molar-refractivity contribution in [1.82, 2.24) is 0 Å². The molecular weight excluding hydrogens is 92.1 g/mol. The summed E-state index contributed by atoms with van der Waals surface area (Å²) in [5.41, 5.74) is 0. The summed E-state index contributed by atoms with van der Waals surface area (Å²) in [6.45, 7) is 0.